The summed E-state index contributed by atoms with van der Waals surface area (Å²) in [4.78, 5) is 29.6. The standard InChI is InChI=1S/C38H36FN3O7/c1-37(39)33(43)31(49-35(37)42-23-22-32(41-36(42)45)40-34(44)25-10-6-4-7-11-25)24-48-38(26-12-8-5-9-13-26,27-14-18-29(46-2)19-15-27)28-16-20-30(47-3)21-17-28/h4-23,31,33,35,43H,24H2,1-3H3,(H,40,41,44,45)/t31-,33-,35-,37-/m1/s1. The number of ether oxygens (including phenoxy) is 4. The number of amides is 1. The molecule has 11 heteroatoms. The topological polar surface area (TPSA) is 121 Å². The van der Waals surface area contributed by atoms with Gasteiger partial charge in [0.25, 0.3) is 5.91 Å². The van der Waals surface area contributed by atoms with Gasteiger partial charge in [-0.1, -0.05) is 72.8 Å². The summed E-state index contributed by atoms with van der Waals surface area (Å²) in [6.45, 7) is 0.898. The first-order valence-corrected chi connectivity index (χ1v) is 15.6. The third kappa shape index (κ3) is 6.56. The highest BCUT2D eigenvalue weighted by Crippen LogP contribution is 2.45. The lowest BCUT2D eigenvalue weighted by Gasteiger charge is -2.37. The van der Waals surface area contributed by atoms with Crippen LogP contribution < -0.4 is 20.5 Å². The van der Waals surface area contributed by atoms with Crippen molar-refractivity contribution in [3.8, 4) is 11.5 Å². The first-order valence-electron chi connectivity index (χ1n) is 15.6. The van der Waals surface area contributed by atoms with Gasteiger partial charge < -0.3 is 29.4 Å². The Morgan fingerprint density at radius 3 is 1.94 bits per heavy atom. The van der Waals surface area contributed by atoms with Crippen molar-refractivity contribution in [2.24, 2.45) is 0 Å². The van der Waals surface area contributed by atoms with Crippen molar-refractivity contribution in [2.75, 3.05) is 26.1 Å². The van der Waals surface area contributed by atoms with Crippen LogP contribution >= 0.6 is 0 Å². The Morgan fingerprint density at radius 2 is 1.41 bits per heavy atom. The van der Waals surface area contributed by atoms with E-state index in [4.69, 9.17) is 18.9 Å². The van der Waals surface area contributed by atoms with Crippen molar-refractivity contribution in [3.05, 3.63) is 154 Å². The number of nitrogens with one attached hydrogen (secondary N) is 1. The van der Waals surface area contributed by atoms with Crippen LogP contribution in [0.2, 0.25) is 0 Å². The molecule has 0 bridgehead atoms. The van der Waals surface area contributed by atoms with Crippen LogP contribution in [0.3, 0.4) is 0 Å². The summed E-state index contributed by atoms with van der Waals surface area (Å²) in [6, 6.07) is 34.1. The summed E-state index contributed by atoms with van der Waals surface area (Å²) >= 11 is 0. The number of methoxy groups -OCH3 is 2. The minimum atomic E-state index is -2.41. The molecule has 1 aliphatic heterocycles. The van der Waals surface area contributed by atoms with Gasteiger partial charge in [-0.2, -0.15) is 4.98 Å². The van der Waals surface area contributed by atoms with Crippen molar-refractivity contribution in [1.29, 1.82) is 0 Å². The summed E-state index contributed by atoms with van der Waals surface area (Å²) in [7, 11) is 3.16. The van der Waals surface area contributed by atoms with Crippen LogP contribution in [0.1, 0.15) is 40.2 Å². The van der Waals surface area contributed by atoms with Gasteiger partial charge in [-0.05, 0) is 66.1 Å². The molecule has 6 rings (SSSR count). The fourth-order valence-electron chi connectivity index (χ4n) is 6.07. The Balaban J connectivity index is 1.31. The molecule has 1 saturated heterocycles. The number of aromatic nitrogens is 2. The first-order chi connectivity index (χ1) is 23.7. The van der Waals surface area contributed by atoms with Crippen molar-refractivity contribution >= 4 is 11.7 Å². The molecule has 0 spiro atoms. The molecule has 2 N–H and O–H groups in total. The summed E-state index contributed by atoms with van der Waals surface area (Å²) in [5, 5.41) is 13.8. The number of carbonyl (C=O) groups excluding carboxylic acids is 1. The molecule has 1 aliphatic rings. The van der Waals surface area contributed by atoms with E-state index in [0.717, 1.165) is 28.2 Å². The normalized spacial score (nSPS) is 20.5. The molecule has 2 heterocycles. The molecular weight excluding hydrogens is 629 g/mol. The van der Waals surface area contributed by atoms with E-state index in [2.05, 4.69) is 10.3 Å². The van der Waals surface area contributed by atoms with E-state index in [9.17, 15) is 14.7 Å². The molecule has 0 saturated carbocycles. The highest BCUT2D eigenvalue weighted by atomic mass is 19.1. The Hall–Kier alpha value is -5.36. The average Bonchev–Trinajstić information content (AvgIpc) is 3.36. The molecular formula is C38H36FN3O7. The van der Waals surface area contributed by atoms with E-state index >= 15 is 4.39 Å². The van der Waals surface area contributed by atoms with Crippen LogP contribution in [-0.4, -0.2) is 59.3 Å². The Labute approximate surface area is 282 Å². The molecule has 4 atom stereocenters. The van der Waals surface area contributed by atoms with Crippen molar-refractivity contribution in [2.45, 2.75) is 36.6 Å². The third-order valence-corrected chi connectivity index (χ3v) is 8.71. The molecule has 0 aliphatic carbocycles. The van der Waals surface area contributed by atoms with Gasteiger partial charge >= 0.3 is 5.69 Å². The second-order valence-corrected chi connectivity index (χ2v) is 11.8. The molecule has 5 aromatic rings. The van der Waals surface area contributed by atoms with Crippen molar-refractivity contribution < 1.29 is 33.2 Å². The Bertz CT molecular complexity index is 1890. The van der Waals surface area contributed by atoms with E-state index in [1.807, 2.05) is 78.9 Å². The van der Waals surface area contributed by atoms with Gasteiger partial charge in [0.15, 0.2) is 11.9 Å². The number of nitrogens with zero attached hydrogens (tertiary/aromatic N) is 2. The summed E-state index contributed by atoms with van der Waals surface area (Å²) in [5.41, 5.74) is -1.90. The number of hydrogen-bond donors (Lipinski definition) is 2. The molecule has 0 radical (unpaired) electrons. The SMILES string of the molecule is COc1ccc(C(OC[C@H]2O[C@@H](n3ccc(NC(=O)c4ccccc4)nc3=O)[C@](C)(F)[C@@H]2O)(c2ccccc2)c2ccc(OC)cc2)cc1. The Kier molecular flexibility index (Phi) is 9.59. The van der Waals surface area contributed by atoms with Crippen LogP contribution in [0.4, 0.5) is 10.2 Å². The van der Waals surface area contributed by atoms with E-state index < -0.39 is 41.3 Å². The van der Waals surface area contributed by atoms with E-state index in [0.29, 0.717) is 17.1 Å². The van der Waals surface area contributed by atoms with Crippen LogP contribution in [0, 0.1) is 0 Å². The monoisotopic (exact) mass is 665 g/mol. The number of alkyl halides is 1. The number of hydrogen-bond acceptors (Lipinski definition) is 8. The molecule has 10 nitrogen and oxygen atoms in total. The van der Waals surface area contributed by atoms with Crippen LogP contribution in [0.15, 0.2) is 126 Å². The highest BCUT2D eigenvalue weighted by Gasteiger charge is 2.56. The number of halogens is 1. The fourth-order valence-corrected chi connectivity index (χ4v) is 6.07. The molecule has 1 amide bonds. The van der Waals surface area contributed by atoms with Gasteiger partial charge in [-0.25, -0.2) is 9.18 Å². The van der Waals surface area contributed by atoms with Gasteiger partial charge in [0.1, 0.15) is 35.1 Å². The number of carbonyl (C=O) groups is 1. The van der Waals surface area contributed by atoms with Gasteiger partial charge in [-0.15, -0.1) is 0 Å². The van der Waals surface area contributed by atoms with Gasteiger partial charge in [0, 0.05) is 11.8 Å². The lowest BCUT2D eigenvalue weighted by Crippen LogP contribution is -2.44. The number of benzene rings is 4. The number of aliphatic hydroxyl groups excluding tert-OH is 1. The van der Waals surface area contributed by atoms with Crippen LogP contribution in [0.5, 0.6) is 11.5 Å². The van der Waals surface area contributed by atoms with Crippen LogP contribution in [0.25, 0.3) is 0 Å². The minimum Gasteiger partial charge on any atom is -0.497 e. The average molecular weight is 666 g/mol. The van der Waals surface area contributed by atoms with Crippen molar-refractivity contribution in [1.82, 2.24) is 9.55 Å². The Morgan fingerprint density at radius 1 is 0.878 bits per heavy atom. The molecule has 4 aromatic carbocycles. The molecule has 1 aromatic heterocycles. The summed E-state index contributed by atoms with van der Waals surface area (Å²) in [6.07, 6.45) is -3.13. The maximum absolute atomic E-state index is 16.4. The zero-order valence-corrected chi connectivity index (χ0v) is 27.2. The van der Waals surface area contributed by atoms with Crippen molar-refractivity contribution in [3.63, 3.8) is 0 Å². The maximum Gasteiger partial charge on any atom is 0.351 e. The second-order valence-electron chi connectivity index (χ2n) is 11.8. The third-order valence-electron chi connectivity index (χ3n) is 8.71. The van der Waals surface area contributed by atoms with E-state index in [1.54, 1.807) is 44.6 Å². The number of anilines is 1. The smallest absolute Gasteiger partial charge is 0.351 e. The van der Waals surface area contributed by atoms with Gasteiger partial charge in [0.2, 0.25) is 0 Å². The zero-order chi connectivity index (χ0) is 34.6. The molecule has 49 heavy (non-hydrogen) atoms. The zero-order valence-electron chi connectivity index (χ0n) is 27.2. The van der Waals surface area contributed by atoms with E-state index in [-0.39, 0.29) is 12.4 Å². The molecule has 252 valence electrons. The highest BCUT2D eigenvalue weighted by molar-refractivity contribution is 6.03. The summed E-state index contributed by atoms with van der Waals surface area (Å²) < 4.78 is 41.0. The van der Waals surface area contributed by atoms with Gasteiger partial charge in [0.05, 0.1) is 20.8 Å². The minimum absolute atomic E-state index is 0.0132. The number of rotatable bonds is 11. The van der Waals surface area contributed by atoms with Gasteiger partial charge in [-0.3, -0.25) is 9.36 Å². The first kappa shape index (κ1) is 33.5. The second kappa shape index (κ2) is 14.0. The molecule has 1 fully saturated rings. The molecule has 0 unspecified atom stereocenters. The quantitative estimate of drug-likeness (QED) is 0.177. The lowest BCUT2D eigenvalue weighted by atomic mass is 9.80. The van der Waals surface area contributed by atoms with E-state index in [1.165, 1.54) is 12.3 Å². The largest absolute Gasteiger partial charge is 0.497 e. The van der Waals surface area contributed by atoms with Crippen LogP contribution in [-0.2, 0) is 15.1 Å². The predicted octanol–water partition coefficient (Wildman–Crippen LogP) is 5.51. The predicted molar refractivity (Wildman–Crippen MR) is 181 cm³/mol. The number of aliphatic hydroxyl groups is 1. The maximum atomic E-state index is 16.4. The summed E-state index contributed by atoms with van der Waals surface area (Å²) in [5.74, 6) is 0.827. The lowest BCUT2D eigenvalue weighted by molar-refractivity contribution is -0.0967. The fraction of sp³-hybridized carbons (Fsp3) is 0.237.